The monoisotopic (exact) mass is 292 g/mol. The number of phenols is 1. The van der Waals surface area contributed by atoms with Gasteiger partial charge in [-0.25, -0.2) is 0 Å². The Hall–Kier alpha value is -1.71. The lowest BCUT2D eigenvalue weighted by atomic mass is 9.85. The van der Waals surface area contributed by atoms with Crippen molar-refractivity contribution in [3.8, 4) is 11.5 Å². The standard InChI is InChI=1S/C17H24O4/c1-10-11(2)16-13(12(3)15(10)19)6-8-17(4,21-16)9-7-14(18)20-5/h19H,6-9H2,1-5H3. The normalized spacial score (nSPS) is 20.6. The van der Waals surface area contributed by atoms with E-state index in [-0.39, 0.29) is 11.6 Å². The van der Waals surface area contributed by atoms with E-state index in [0.717, 1.165) is 40.8 Å². The number of phenolic OH excluding ortho intramolecular Hbond substituents is 1. The zero-order chi connectivity index (χ0) is 15.8. The molecule has 1 aliphatic rings. The minimum atomic E-state index is -0.359. The van der Waals surface area contributed by atoms with E-state index in [1.54, 1.807) is 0 Å². The van der Waals surface area contributed by atoms with Crippen LogP contribution in [0.4, 0.5) is 0 Å². The summed E-state index contributed by atoms with van der Waals surface area (Å²) in [7, 11) is 1.40. The second-order valence-electron chi connectivity index (χ2n) is 6.16. The third kappa shape index (κ3) is 2.85. The molecule has 116 valence electrons. The van der Waals surface area contributed by atoms with E-state index in [4.69, 9.17) is 9.47 Å². The first-order valence-electron chi connectivity index (χ1n) is 7.36. The number of carbonyl (C=O) groups is 1. The van der Waals surface area contributed by atoms with Gasteiger partial charge in [0, 0.05) is 12.0 Å². The quantitative estimate of drug-likeness (QED) is 0.868. The Kier molecular flexibility index (Phi) is 4.17. The first-order valence-corrected chi connectivity index (χ1v) is 7.36. The molecule has 2 rings (SSSR count). The van der Waals surface area contributed by atoms with Gasteiger partial charge in [-0.1, -0.05) is 0 Å². The molecule has 1 atom stereocenters. The molecular weight excluding hydrogens is 268 g/mol. The van der Waals surface area contributed by atoms with E-state index < -0.39 is 0 Å². The molecule has 0 aromatic heterocycles. The van der Waals surface area contributed by atoms with Crippen molar-refractivity contribution < 1.29 is 19.4 Å². The number of rotatable bonds is 3. The average Bonchev–Trinajstić information content (AvgIpc) is 2.48. The van der Waals surface area contributed by atoms with E-state index in [2.05, 4.69) is 0 Å². The number of fused-ring (bicyclic) bond motifs is 1. The van der Waals surface area contributed by atoms with Crippen molar-refractivity contribution in [3.63, 3.8) is 0 Å². The van der Waals surface area contributed by atoms with Crippen LogP contribution in [-0.2, 0) is 16.0 Å². The van der Waals surface area contributed by atoms with Crippen molar-refractivity contribution in [2.75, 3.05) is 7.11 Å². The maximum absolute atomic E-state index is 11.4. The van der Waals surface area contributed by atoms with Crippen LogP contribution in [-0.4, -0.2) is 23.8 Å². The Bertz CT molecular complexity index is 577. The summed E-state index contributed by atoms with van der Waals surface area (Å²) in [5, 5.41) is 10.2. The predicted molar refractivity (Wildman–Crippen MR) is 80.9 cm³/mol. The van der Waals surface area contributed by atoms with Crippen molar-refractivity contribution in [3.05, 3.63) is 22.3 Å². The Morgan fingerprint density at radius 1 is 1.29 bits per heavy atom. The topological polar surface area (TPSA) is 55.8 Å². The SMILES string of the molecule is COC(=O)CCC1(C)CCc2c(C)c(O)c(C)c(C)c2O1. The fraction of sp³-hybridized carbons (Fsp3) is 0.588. The van der Waals surface area contributed by atoms with Crippen LogP contribution in [0, 0.1) is 20.8 Å². The smallest absolute Gasteiger partial charge is 0.305 e. The summed E-state index contributed by atoms with van der Waals surface area (Å²) in [6.07, 6.45) is 2.68. The van der Waals surface area contributed by atoms with Crippen LogP contribution in [0.1, 0.15) is 48.4 Å². The summed E-state index contributed by atoms with van der Waals surface area (Å²) in [6, 6.07) is 0. The summed E-state index contributed by atoms with van der Waals surface area (Å²) in [6.45, 7) is 7.85. The number of carbonyl (C=O) groups excluding carboxylic acids is 1. The van der Waals surface area contributed by atoms with Crippen molar-refractivity contribution in [2.24, 2.45) is 0 Å². The van der Waals surface area contributed by atoms with Gasteiger partial charge in [0.05, 0.1) is 7.11 Å². The molecule has 1 aliphatic heterocycles. The van der Waals surface area contributed by atoms with Gasteiger partial charge in [-0.2, -0.15) is 0 Å². The molecule has 1 aromatic rings. The van der Waals surface area contributed by atoms with Crippen LogP contribution in [0.2, 0.25) is 0 Å². The van der Waals surface area contributed by atoms with E-state index in [9.17, 15) is 9.90 Å². The Balaban J connectivity index is 2.30. The molecular formula is C17H24O4. The fourth-order valence-electron chi connectivity index (χ4n) is 2.94. The molecule has 4 heteroatoms. The molecule has 0 saturated carbocycles. The first kappa shape index (κ1) is 15.7. The second kappa shape index (κ2) is 5.58. The first-order chi connectivity index (χ1) is 9.79. The Morgan fingerprint density at radius 2 is 1.95 bits per heavy atom. The zero-order valence-corrected chi connectivity index (χ0v) is 13.5. The third-order valence-corrected chi connectivity index (χ3v) is 4.68. The van der Waals surface area contributed by atoms with Crippen LogP contribution in [0.15, 0.2) is 0 Å². The molecule has 0 saturated heterocycles. The molecule has 4 nitrogen and oxygen atoms in total. The summed E-state index contributed by atoms with van der Waals surface area (Å²) in [4.78, 5) is 11.4. The van der Waals surface area contributed by atoms with Crippen LogP contribution in [0.3, 0.4) is 0 Å². The lowest BCUT2D eigenvalue weighted by molar-refractivity contribution is -0.141. The van der Waals surface area contributed by atoms with Crippen molar-refractivity contribution in [1.82, 2.24) is 0 Å². The van der Waals surface area contributed by atoms with E-state index >= 15 is 0 Å². The van der Waals surface area contributed by atoms with Gasteiger partial charge < -0.3 is 14.6 Å². The molecule has 0 amide bonds. The lowest BCUT2D eigenvalue weighted by Gasteiger charge is -2.37. The minimum Gasteiger partial charge on any atom is -0.507 e. The van der Waals surface area contributed by atoms with E-state index in [1.165, 1.54) is 7.11 Å². The van der Waals surface area contributed by atoms with Gasteiger partial charge in [0.2, 0.25) is 0 Å². The van der Waals surface area contributed by atoms with Gasteiger partial charge in [-0.15, -0.1) is 0 Å². The van der Waals surface area contributed by atoms with Crippen molar-refractivity contribution in [2.45, 2.75) is 59.0 Å². The van der Waals surface area contributed by atoms with Crippen LogP contribution in [0.5, 0.6) is 11.5 Å². The molecule has 1 heterocycles. The highest BCUT2D eigenvalue weighted by Gasteiger charge is 2.34. The van der Waals surface area contributed by atoms with Gasteiger partial charge in [-0.3, -0.25) is 4.79 Å². The number of ether oxygens (including phenoxy) is 2. The van der Waals surface area contributed by atoms with Crippen LogP contribution < -0.4 is 4.74 Å². The summed E-state index contributed by atoms with van der Waals surface area (Å²) in [5.74, 6) is 1.04. The number of hydrogen-bond donors (Lipinski definition) is 1. The Morgan fingerprint density at radius 3 is 2.57 bits per heavy atom. The molecule has 0 fully saturated rings. The maximum atomic E-state index is 11.4. The molecule has 1 aromatic carbocycles. The number of esters is 1. The molecule has 21 heavy (non-hydrogen) atoms. The van der Waals surface area contributed by atoms with Crippen LogP contribution >= 0.6 is 0 Å². The summed E-state index contributed by atoms with van der Waals surface area (Å²) >= 11 is 0. The van der Waals surface area contributed by atoms with Gasteiger partial charge >= 0.3 is 5.97 Å². The molecule has 1 N–H and O–H groups in total. The molecule has 0 spiro atoms. The highest BCUT2D eigenvalue weighted by atomic mass is 16.5. The van der Waals surface area contributed by atoms with Crippen LogP contribution in [0.25, 0.3) is 0 Å². The van der Waals surface area contributed by atoms with Crippen molar-refractivity contribution >= 4 is 5.97 Å². The van der Waals surface area contributed by atoms with E-state index in [1.807, 2.05) is 27.7 Å². The highest BCUT2D eigenvalue weighted by Crippen LogP contribution is 2.44. The molecule has 0 aliphatic carbocycles. The maximum Gasteiger partial charge on any atom is 0.305 e. The lowest BCUT2D eigenvalue weighted by Crippen LogP contribution is -2.37. The second-order valence-corrected chi connectivity index (χ2v) is 6.16. The van der Waals surface area contributed by atoms with Gasteiger partial charge in [0.25, 0.3) is 0 Å². The fourth-order valence-corrected chi connectivity index (χ4v) is 2.94. The molecule has 0 radical (unpaired) electrons. The molecule has 0 bridgehead atoms. The number of hydrogen-bond acceptors (Lipinski definition) is 4. The minimum absolute atomic E-state index is 0.208. The Labute approximate surface area is 126 Å². The highest BCUT2D eigenvalue weighted by molar-refractivity contribution is 5.69. The largest absolute Gasteiger partial charge is 0.507 e. The number of aromatic hydroxyl groups is 1. The van der Waals surface area contributed by atoms with E-state index in [0.29, 0.717) is 18.6 Å². The number of benzene rings is 1. The third-order valence-electron chi connectivity index (χ3n) is 4.68. The van der Waals surface area contributed by atoms with Crippen molar-refractivity contribution in [1.29, 1.82) is 0 Å². The molecule has 1 unspecified atom stereocenters. The van der Waals surface area contributed by atoms with Gasteiger partial charge in [0.15, 0.2) is 0 Å². The number of methoxy groups -OCH3 is 1. The van der Waals surface area contributed by atoms with Gasteiger partial charge in [0.1, 0.15) is 17.1 Å². The summed E-state index contributed by atoms with van der Waals surface area (Å²) < 4.78 is 10.9. The predicted octanol–water partition coefficient (Wildman–Crippen LogP) is 3.35. The summed E-state index contributed by atoms with van der Waals surface area (Å²) in [5.41, 5.74) is 3.48. The van der Waals surface area contributed by atoms with Gasteiger partial charge in [-0.05, 0) is 63.6 Å². The average molecular weight is 292 g/mol. The zero-order valence-electron chi connectivity index (χ0n) is 13.5.